The van der Waals surface area contributed by atoms with Crippen molar-refractivity contribution >= 4 is 29.3 Å². The zero-order valence-corrected chi connectivity index (χ0v) is 13.7. The lowest BCUT2D eigenvalue weighted by Crippen LogP contribution is -2.25. The Labute approximate surface area is 127 Å². The smallest absolute Gasteiger partial charge is 0.321 e. The first-order valence-electron chi connectivity index (χ1n) is 6.08. The third-order valence-corrected chi connectivity index (χ3v) is 2.64. The van der Waals surface area contributed by atoms with Gasteiger partial charge < -0.3 is 9.47 Å². The minimum atomic E-state index is -0.514. The Bertz CT molecular complexity index is 478. The number of ether oxygens (including phenoxy) is 2. The Hall–Kier alpha value is -1.08. The van der Waals surface area contributed by atoms with Gasteiger partial charge in [0, 0.05) is 0 Å². The summed E-state index contributed by atoms with van der Waals surface area (Å²) in [6.45, 7) is 9.13. The van der Waals surface area contributed by atoms with Gasteiger partial charge in [0.1, 0.15) is 5.60 Å². The molecule has 112 valence electrons. The molecule has 0 spiro atoms. The van der Waals surface area contributed by atoms with Crippen molar-refractivity contribution in [3.8, 4) is 6.01 Å². The third kappa shape index (κ3) is 6.91. The molecule has 0 aliphatic heterocycles. The van der Waals surface area contributed by atoms with Crippen LogP contribution in [0.15, 0.2) is 5.16 Å². The highest BCUT2D eigenvalue weighted by molar-refractivity contribution is 7.99. The fourth-order valence-corrected chi connectivity index (χ4v) is 1.94. The van der Waals surface area contributed by atoms with Gasteiger partial charge in [-0.05, 0) is 46.2 Å². The number of aromatic nitrogens is 3. The van der Waals surface area contributed by atoms with Crippen molar-refractivity contribution in [3.05, 3.63) is 5.28 Å². The maximum absolute atomic E-state index is 11.6. The van der Waals surface area contributed by atoms with Crippen LogP contribution in [-0.4, -0.2) is 38.4 Å². The van der Waals surface area contributed by atoms with E-state index in [0.717, 1.165) is 11.8 Å². The van der Waals surface area contributed by atoms with Crippen molar-refractivity contribution in [3.63, 3.8) is 0 Å². The summed E-state index contributed by atoms with van der Waals surface area (Å²) in [4.78, 5) is 23.4. The number of thioether (sulfide) groups is 1. The van der Waals surface area contributed by atoms with Crippen molar-refractivity contribution in [2.45, 2.75) is 51.5 Å². The van der Waals surface area contributed by atoms with Crippen molar-refractivity contribution in [1.82, 2.24) is 15.0 Å². The molecule has 0 N–H and O–H groups in total. The highest BCUT2D eigenvalue weighted by Gasteiger charge is 2.17. The van der Waals surface area contributed by atoms with Crippen molar-refractivity contribution < 1.29 is 14.3 Å². The average molecular weight is 320 g/mol. The zero-order valence-electron chi connectivity index (χ0n) is 12.1. The van der Waals surface area contributed by atoms with Crippen LogP contribution in [0, 0.1) is 0 Å². The predicted molar refractivity (Wildman–Crippen MR) is 77.2 cm³/mol. The number of carbonyl (C=O) groups is 1. The molecule has 1 rings (SSSR count). The van der Waals surface area contributed by atoms with Gasteiger partial charge in [0.25, 0.3) is 0 Å². The molecule has 6 nitrogen and oxygen atoms in total. The number of nitrogens with zero attached hydrogens (tertiary/aromatic N) is 3. The number of halogens is 1. The summed E-state index contributed by atoms with van der Waals surface area (Å²) in [5.41, 5.74) is -0.514. The predicted octanol–water partition coefficient (Wildman–Crippen LogP) is 2.75. The molecule has 20 heavy (non-hydrogen) atoms. The van der Waals surface area contributed by atoms with Gasteiger partial charge in [-0.3, -0.25) is 4.79 Å². The van der Waals surface area contributed by atoms with E-state index in [2.05, 4.69) is 15.0 Å². The quantitative estimate of drug-likeness (QED) is 0.610. The normalized spacial score (nSPS) is 11.6. The molecule has 0 amide bonds. The summed E-state index contributed by atoms with van der Waals surface area (Å²) >= 11 is 6.91. The first-order valence-corrected chi connectivity index (χ1v) is 7.45. The summed E-state index contributed by atoms with van der Waals surface area (Å²) in [5.74, 6) is -0.246. The molecule has 0 radical (unpaired) electrons. The number of rotatable bonds is 5. The van der Waals surface area contributed by atoms with E-state index in [0.29, 0.717) is 5.16 Å². The van der Waals surface area contributed by atoms with Gasteiger partial charge in [-0.25, -0.2) is 0 Å². The fourth-order valence-electron chi connectivity index (χ4n) is 1.14. The van der Waals surface area contributed by atoms with Gasteiger partial charge in [0.2, 0.25) is 5.28 Å². The first kappa shape index (κ1) is 17.0. The van der Waals surface area contributed by atoms with Crippen LogP contribution in [0.5, 0.6) is 6.01 Å². The van der Waals surface area contributed by atoms with E-state index in [1.165, 1.54) is 0 Å². The maximum Gasteiger partial charge on any atom is 0.321 e. The Morgan fingerprint density at radius 2 is 1.95 bits per heavy atom. The van der Waals surface area contributed by atoms with Gasteiger partial charge >= 0.3 is 12.0 Å². The van der Waals surface area contributed by atoms with Crippen LogP contribution in [0.4, 0.5) is 0 Å². The summed E-state index contributed by atoms with van der Waals surface area (Å²) in [7, 11) is 0. The molecule has 0 aromatic carbocycles. The number of hydrogen-bond donors (Lipinski definition) is 0. The minimum absolute atomic E-state index is 0.0299. The second-order valence-electron chi connectivity index (χ2n) is 5.21. The molecule has 1 heterocycles. The molecule has 0 atom stereocenters. The summed E-state index contributed by atoms with van der Waals surface area (Å²) < 4.78 is 10.5. The lowest BCUT2D eigenvalue weighted by atomic mass is 10.2. The van der Waals surface area contributed by atoms with Crippen LogP contribution in [0.1, 0.15) is 34.6 Å². The second-order valence-corrected chi connectivity index (χ2v) is 6.49. The standard InChI is InChI=1S/C12H18ClN3O3S/c1-7(2)18-10-14-9(13)15-11(16-10)20-6-8(17)19-12(3,4)5/h7H,6H2,1-5H3. The van der Waals surface area contributed by atoms with Crippen LogP contribution in [0.2, 0.25) is 5.28 Å². The number of hydrogen-bond acceptors (Lipinski definition) is 7. The Morgan fingerprint density at radius 1 is 1.30 bits per heavy atom. The van der Waals surface area contributed by atoms with Gasteiger partial charge in [0.05, 0.1) is 11.9 Å². The van der Waals surface area contributed by atoms with Gasteiger partial charge in [-0.1, -0.05) is 11.8 Å². The van der Waals surface area contributed by atoms with E-state index >= 15 is 0 Å². The lowest BCUT2D eigenvalue weighted by molar-refractivity contribution is -0.151. The van der Waals surface area contributed by atoms with E-state index in [-0.39, 0.29) is 29.1 Å². The molecule has 8 heteroatoms. The van der Waals surface area contributed by atoms with Crippen LogP contribution in [0.25, 0.3) is 0 Å². The SMILES string of the molecule is CC(C)Oc1nc(Cl)nc(SCC(=O)OC(C)(C)C)n1. The molecule has 1 aromatic heterocycles. The Balaban J connectivity index is 2.64. The number of carbonyl (C=O) groups excluding carboxylic acids is 1. The highest BCUT2D eigenvalue weighted by Crippen LogP contribution is 2.19. The Morgan fingerprint density at radius 3 is 2.50 bits per heavy atom. The molecule has 0 saturated carbocycles. The molecule has 0 bridgehead atoms. The fraction of sp³-hybridized carbons (Fsp3) is 0.667. The molecule has 0 aliphatic carbocycles. The van der Waals surface area contributed by atoms with Crippen molar-refractivity contribution in [2.24, 2.45) is 0 Å². The largest absolute Gasteiger partial charge is 0.461 e. The van der Waals surface area contributed by atoms with Gasteiger partial charge in [0.15, 0.2) is 5.16 Å². The van der Waals surface area contributed by atoms with Gasteiger partial charge in [-0.15, -0.1) is 0 Å². The molecule has 1 aromatic rings. The van der Waals surface area contributed by atoms with Crippen molar-refractivity contribution in [2.75, 3.05) is 5.75 Å². The summed E-state index contributed by atoms with van der Waals surface area (Å²) in [5, 5.41) is 0.355. The van der Waals surface area contributed by atoms with Crippen LogP contribution < -0.4 is 4.74 Å². The average Bonchev–Trinajstić information content (AvgIpc) is 2.22. The molecule has 0 aliphatic rings. The van der Waals surface area contributed by atoms with E-state index in [1.807, 2.05) is 34.6 Å². The molecule has 0 saturated heterocycles. The molecule has 0 fully saturated rings. The topological polar surface area (TPSA) is 74.2 Å². The lowest BCUT2D eigenvalue weighted by Gasteiger charge is -2.19. The first-order chi connectivity index (χ1) is 9.15. The zero-order chi connectivity index (χ0) is 15.3. The maximum atomic E-state index is 11.6. The summed E-state index contributed by atoms with van der Waals surface area (Å²) in [6, 6.07) is 0.145. The molecular formula is C12H18ClN3O3S. The summed E-state index contributed by atoms with van der Waals surface area (Å²) in [6.07, 6.45) is -0.0721. The highest BCUT2D eigenvalue weighted by atomic mass is 35.5. The minimum Gasteiger partial charge on any atom is -0.461 e. The van der Waals surface area contributed by atoms with Crippen LogP contribution >= 0.6 is 23.4 Å². The van der Waals surface area contributed by atoms with Crippen LogP contribution in [0.3, 0.4) is 0 Å². The third-order valence-electron chi connectivity index (χ3n) is 1.65. The van der Waals surface area contributed by atoms with E-state index in [1.54, 1.807) is 0 Å². The van der Waals surface area contributed by atoms with Crippen LogP contribution in [-0.2, 0) is 9.53 Å². The van der Waals surface area contributed by atoms with E-state index in [4.69, 9.17) is 21.1 Å². The second kappa shape index (κ2) is 7.08. The van der Waals surface area contributed by atoms with Gasteiger partial charge in [-0.2, -0.15) is 15.0 Å². The Kier molecular flexibility index (Phi) is 6.01. The molecule has 0 unspecified atom stereocenters. The van der Waals surface area contributed by atoms with E-state index < -0.39 is 5.60 Å². The van der Waals surface area contributed by atoms with Crippen molar-refractivity contribution in [1.29, 1.82) is 0 Å². The van der Waals surface area contributed by atoms with E-state index in [9.17, 15) is 4.79 Å². The number of esters is 1. The monoisotopic (exact) mass is 319 g/mol. The molecular weight excluding hydrogens is 302 g/mol.